The molecular weight excluding hydrogens is 262 g/mol. The van der Waals surface area contributed by atoms with E-state index >= 15 is 0 Å². The van der Waals surface area contributed by atoms with Crippen LogP contribution < -0.4 is 4.72 Å². The summed E-state index contributed by atoms with van der Waals surface area (Å²) < 4.78 is 27.0. The number of nitrogens with one attached hydrogen (secondary N) is 1. The van der Waals surface area contributed by atoms with Crippen molar-refractivity contribution in [1.29, 1.82) is 0 Å². The molecule has 0 spiro atoms. The lowest BCUT2D eigenvalue weighted by atomic mass is 10.2. The minimum Gasteiger partial charge on any atom is -0.392 e. The highest BCUT2D eigenvalue weighted by atomic mass is 32.2. The second-order valence-electron chi connectivity index (χ2n) is 4.23. The predicted molar refractivity (Wildman–Crippen MR) is 74.4 cm³/mol. The Morgan fingerprint density at radius 2 is 1.84 bits per heavy atom. The van der Waals surface area contributed by atoms with E-state index in [1.165, 1.54) is 12.1 Å². The lowest BCUT2D eigenvalue weighted by Gasteiger charge is -2.10. The Kier molecular flexibility index (Phi) is 3.87. The molecule has 0 unspecified atom stereocenters. The first-order valence-corrected chi connectivity index (χ1v) is 7.29. The molecule has 2 rings (SSSR count). The van der Waals surface area contributed by atoms with Gasteiger partial charge in [0.05, 0.1) is 17.2 Å². The summed E-state index contributed by atoms with van der Waals surface area (Å²) in [5, 5.41) is 9.05. The van der Waals surface area contributed by atoms with Gasteiger partial charge in [0, 0.05) is 0 Å². The highest BCUT2D eigenvalue weighted by Gasteiger charge is 2.15. The fourth-order valence-electron chi connectivity index (χ4n) is 1.70. The second-order valence-corrected chi connectivity index (χ2v) is 5.91. The fraction of sp³-hybridized carbons (Fsp3) is 0.143. The summed E-state index contributed by atoms with van der Waals surface area (Å²) in [6.45, 7) is 1.65. The van der Waals surface area contributed by atoms with Gasteiger partial charge in [-0.3, -0.25) is 4.72 Å². The number of sulfonamides is 1. The van der Waals surface area contributed by atoms with Crippen molar-refractivity contribution in [2.75, 3.05) is 4.72 Å². The molecule has 0 fully saturated rings. The zero-order chi connectivity index (χ0) is 13.9. The van der Waals surface area contributed by atoms with E-state index in [-0.39, 0.29) is 11.5 Å². The van der Waals surface area contributed by atoms with E-state index in [0.29, 0.717) is 11.3 Å². The number of rotatable bonds is 4. The minimum absolute atomic E-state index is 0.141. The van der Waals surface area contributed by atoms with Crippen LogP contribution >= 0.6 is 0 Å². The van der Waals surface area contributed by atoms with Crippen molar-refractivity contribution in [3.8, 4) is 0 Å². The largest absolute Gasteiger partial charge is 0.392 e. The molecule has 0 heterocycles. The van der Waals surface area contributed by atoms with Crippen LogP contribution in [0.15, 0.2) is 53.4 Å². The van der Waals surface area contributed by atoms with Crippen molar-refractivity contribution >= 4 is 15.7 Å². The zero-order valence-corrected chi connectivity index (χ0v) is 11.3. The lowest BCUT2D eigenvalue weighted by Crippen LogP contribution is -2.13. The number of benzene rings is 2. The first-order chi connectivity index (χ1) is 9.03. The molecule has 0 bridgehead atoms. The average Bonchev–Trinajstić information content (AvgIpc) is 2.41. The van der Waals surface area contributed by atoms with E-state index in [1.807, 2.05) is 19.1 Å². The molecular formula is C14H15NO3S. The van der Waals surface area contributed by atoms with E-state index in [9.17, 15) is 8.42 Å². The molecule has 19 heavy (non-hydrogen) atoms. The highest BCUT2D eigenvalue weighted by molar-refractivity contribution is 7.92. The summed E-state index contributed by atoms with van der Waals surface area (Å²) >= 11 is 0. The van der Waals surface area contributed by atoms with Gasteiger partial charge in [-0.2, -0.15) is 0 Å². The number of anilines is 1. The second kappa shape index (κ2) is 5.42. The van der Waals surface area contributed by atoms with Crippen LogP contribution in [-0.2, 0) is 16.6 Å². The molecule has 0 aliphatic rings. The first-order valence-electron chi connectivity index (χ1n) is 5.81. The molecule has 0 amide bonds. The van der Waals surface area contributed by atoms with Gasteiger partial charge in [0.15, 0.2) is 0 Å². The summed E-state index contributed by atoms with van der Waals surface area (Å²) in [6, 6.07) is 13.4. The van der Waals surface area contributed by atoms with Crippen molar-refractivity contribution in [2.24, 2.45) is 0 Å². The third kappa shape index (κ3) is 3.13. The fourth-order valence-corrected chi connectivity index (χ4v) is 2.90. The van der Waals surface area contributed by atoms with Crippen LogP contribution in [0.3, 0.4) is 0 Å². The minimum atomic E-state index is -3.63. The number of hydrogen-bond acceptors (Lipinski definition) is 3. The van der Waals surface area contributed by atoms with Crippen molar-refractivity contribution in [3.05, 3.63) is 59.7 Å². The van der Waals surface area contributed by atoms with Crippen molar-refractivity contribution in [3.63, 3.8) is 0 Å². The predicted octanol–water partition coefficient (Wildman–Crippen LogP) is 2.29. The molecule has 0 radical (unpaired) electrons. The van der Waals surface area contributed by atoms with Gasteiger partial charge in [0.1, 0.15) is 0 Å². The van der Waals surface area contributed by atoms with Crippen LogP contribution in [0.1, 0.15) is 11.1 Å². The maximum atomic E-state index is 12.2. The van der Waals surface area contributed by atoms with Gasteiger partial charge >= 0.3 is 0 Å². The van der Waals surface area contributed by atoms with Gasteiger partial charge in [-0.1, -0.05) is 30.3 Å². The van der Waals surface area contributed by atoms with Gasteiger partial charge in [-0.25, -0.2) is 8.42 Å². The number of para-hydroxylation sites is 1. The molecule has 0 atom stereocenters. The van der Waals surface area contributed by atoms with E-state index in [4.69, 9.17) is 5.11 Å². The van der Waals surface area contributed by atoms with E-state index in [1.54, 1.807) is 24.3 Å². The monoisotopic (exact) mass is 277 g/mol. The topological polar surface area (TPSA) is 66.4 Å². The zero-order valence-electron chi connectivity index (χ0n) is 10.5. The molecule has 0 aromatic heterocycles. The molecule has 4 nitrogen and oxygen atoms in total. The summed E-state index contributed by atoms with van der Waals surface area (Å²) in [4.78, 5) is 0.141. The van der Waals surface area contributed by atoms with Crippen LogP contribution in [0.2, 0.25) is 0 Å². The molecule has 2 aromatic rings. The Balaban J connectivity index is 2.35. The van der Waals surface area contributed by atoms with E-state index < -0.39 is 10.0 Å². The van der Waals surface area contributed by atoms with Crippen LogP contribution in [0.25, 0.3) is 0 Å². The van der Waals surface area contributed by atoms with Gasteiger partial charge in [0.25, 0.3) is 10.0 Å². The molecule has 2 N–H and O–H groups in total. The summed E-state index contributed by atoms with van der Waals surface area (Å²) in [7, 11) is -3.63. The third-order valence-corrected chi connectivity index (χ3v) is 4.14. The van der Waals surface area contributed by atoms with Gasteiger partial charge in [0.2, 0.25) is 0 Å². The number of hydrogen-bond donors (Lipinski definition) is 2. The van der Waals surface area contributed by atoms with Crippen LogP contribution in [0.4, 0.5) is 5.69 Å². The standard InChI is InChI=1S/C14H15NO3S/c1-11-5-2-3-8-14(11)15-19(17,18)13-7-4-6-12(9-13)10-16/h2-9,15-16H,10H2,1H3. The molecule has 0 aliphatic carbocycles. The molecule has 0 aliphatic heterocycles. The quantitative estimate of drug-likeness (QED) is 0.901. The first kappa shape index (κ1) is 13.6. The van der Waals surface area contributed by atoms with E-state index in [2.05, 4.69) is 4.72 Å². The Morgan fingerprint density at radius 1 is 1.11 bits per heavy atom. The van der Waals surface area contributed by atoms with Gasteiger partial charge < -0.3 is 5.11 Å². The van der Waals surface area contributed by atoms with Crippen LogP contribution in [0.5, 0.6) is 0 Å². The van der Waals surface area contributed by atoms with Gasteiger partial charge in [-0.05, 0) is 36.2 Å². The SMILES string of the molecule is Cc1ccccc1NS(=O)(=O)c1cccc(CO)c1. The summed E-state index contributed by atoms with van der Waals surface area (Å²) in [5.74, 6) is 0. The highest BCUT2D eigenvalue weighted by Crippen LogP contribution is 2.19. The Hall–Kier alpha value is -1.85. The Morgan fingerprint density at radius 3 is 2.53 bits per heavy atom. The lowest BCUT2D eigenvalue weighted by molar-refractivity contribution is 0.281. The normalized spacial score (nSPS) is 11.3. The molecule has 5 heteroatoms. The van der Waals surface area contributed by atoms with Crippen molar-refractivity contribution in [1.82, 2.24) is 0 Å². The van der Waals surface area contributed by atoms with Crippen molar-refractivity contribution < 1.29 is 13.5 Å². The van der Waals surface area contributed by atoms with E-state index in [0.717, 1.165) is 5.56 Å². The third-order valence-electron chi connectivity index (χ3n) is 2.78. The summed E-state index contributed by atoms with van der Waals surface area (Å²) in [6.07, 6.45) is 0. The molecule has 0 saturated heterocycles. The summed E-state index contributed by atoms with van der Waals surface area (Å²) in [5.41, 5.74) is 1.97. The number of aryl methyl sites for hydroxylation is 1. The number of aliphatic hydroxyl groups excluding tert-OH is 1. The Bertz CT molecular complexity index is 681. The molecule has 0 saturated carbocycles. The number of aliphatic hydroxyl groups is 1. The smallest absolute Gasteiger partial charge is 0.261 e. The van der Waals surface area contributed by atoms with Crippen LogP contribution in [0, 0.1) is 6.92 Å². The molecule has 100 valence electrons. The van der Waals surface area contributed by atoms with Gasteiger partial charge in [-0.15, -0.1) is 0 Å². The van der Waals surface area contributed by atoms with Crippen molar-refractivity contribution in [2.45, 2.75) is 18.4 Å². The molecule has 2 aromatic carbocycles. The maximum Gasteiger partial charge on any atom is 0.261 e. The Labute approximate surface area is 112 Å². The maximum absolute atomic E-state index is 12.2. The average molecular weight is 277 g/mol. The van der Waals surface area contributed by atoms with Crippen LogP contribution in [-0.4, -0.2) is 13.5 Å².